The second-order valence-corrected chi connectivity index (χ2v) is 6.99. The monoisotopic (exact) mass is 333 g/mol. The van der Waals surface area contributed by atoms with Gasteiger partial charge in [0.1, 0.15) is 0 Å². The van der Waals surface area contributed by atoms with Crippen LogP contribution in [0.3, 0.4) is 0 Å². The van der Waals surface area contributed by atoms with E-state index in [1.54, 1.807) is 0 Å². The van der Waals surface area contributed by atoms with E-state index in [2.05, 4.69) is 69.2 Å². The van der Waals surface area contributed by atoms with E-state index in [4.69, 9.17) is 4.99 Å². The van der Waals surface area contributed by atoms with Gasteiger partial charge in [0.05, 0.1) is 0 Å². The molecule has 0 aliphatic rings. The summed E-state index contributed by atoms with van der Waals surface area (Å²) < 4.78 is 0. The molecular weight excluding hydrogens is 298 g/mol. The van der Waals surface area contributed by atoms with Gasteiger partial charge in [-0.1, -0.05) is 38.1 Å². The fourth-order valence-electron chi connectivity index (χ4n) is 2.94. The van der Waals surface area contributed by atoms with Gasteiger partial charge >= 0.3 is 0 Å². The summed E-state index contributed by atoms with van der Waals surface area (Å²) in [5, 5.41) is 12.7. The Balaban J connectivity index is 2.77. The first kappa shape index (κ1) is 20.5. The molecule has 4 nitrogen and oxygen atoms in total. The molecule has 0 radical (unpaired) electrons. The Labute approximate surface area is 148 Å². The highest BCUT2D eigenvalue weighted by molar-refractivity contribution is 5.79. The van der Waals surface area contributed by atoms with Crippen LogP contribution in [0.1, 0.15) is 44.7 Å². The SMILES string of the molecule is CCNC(=NCC(CCO)CC(C)C)N(C)Cc1ccccc1C. The average Bonchev–Trinajstić information content (AvgIpc) is 2.53. The number of aliphatic hydroxyl groups excluding tert-OH is 1. The molecule has 0 aliphatic heterocycles. The summed E-state index contributed by atoms with van der Waals surface area (Å²) in [6.07, 6.45) is 1.92. The van der Waals surface area contributed by atoms with Crippen LogP contribution in [-0.2, 0) is 6.54 Å². The minimum absolute atomic E-state index is 0.239. The number of guanidine groups is 1. The first-order chi connectivity index (χ1) is 11.5. The van der Waals surface area contributed by atoms with E-state index in [1.165, 1.54) is 11.1 Å². The van der Waals surface area contributed by atoms with Gasteiger partial charge < -0.3 is 15.3 Å². The Morgan fingerprint density at radius 2 is 2.00 bits per heavy atom. The molecule has 0 aromatic heterocycles. The third-order valence-electron chi connectivity index (χ3n) is 4.21. The molecule has 0 saturated heterocycles. The summed E-state index contributed by atoms with van der Waals surface area (Å²) in [5.41, 5.74) is 2.62. The highest BCUT2D eigenvalue weighted by Gasteiger charge is 2.12. The quantitative estimate of drug-likeness (QED) is 0.537. The third-order valence-corrected chi connectivity index (χ3v) is 4.21. The van der Waals surface area contributed by atoms with E-state index in [9.17, 15) is 5.11 Å². The molecule has 1 atom stereocenters. The Kier molecular flexibility index (Phi) is 9.46. The van der Waals surface area contributed by atoms with Crippen molar-refractivity contribution < 1.29 is 5.11 Å². The molecule has 136 valence electrons. The van der Waals surface area contributed by atoms with Crippen molar-refractivity contribution in [3.05, 3.63) is 35.4 Å². The van der Waals surface area contributed by atoms with Crippen molar-refractivity contribution in [2.24, 2.45) is 16.8 Å². The van der Waals surface area contributed by atoms with Crippen LogP contribution in [0.2, 0.25) is 0 Å². The Morgan fingerprint density at radius 3 is 2.58 bits per heavy atom. The largest absolute Gasteiger partial charge is 0.396 e. The number of aryl methyl sites for hydroxylation is 1. The molecule has 24 heavy (non-hydrogen) atoms. The molecule has 0 amide bonds. The highest BCUT2D eigenvalue weighted by Crippen LogP contribution is 2.16. The number of aliphatic imine (C=N–C) groups is 1. The number of aliphatic hydroxyl groups is 1. The number of hydrogen-bond donors (Lipinski definition) is 2. The highest BCUT2D eigenvalue weighted by atomic mass is 16.3. The smallest absolute Gasteiger partial charge is 0.193 e. The van der Waals surface area contributed by atoms with Crippen LogP contribution in [0.5, 0.6) is 0 Å². The van der Waals surface area contributed by atoms with Crippen molar-refractivity contribution in [3.8, 4) is 0 Å². The van der Waals surface area contributed by atoms with Crippen LogP contribution in [0.15, 0.2) is 29.3 Å². The minimum atomic E-state index is 0.239. The van der Waals surface area contributed by atoms with E-state index in [0.29, 0.717) is 11.8 Å². The second-order valence-electron chi connectivity index (χ2n) is 6.99. The zero-order valence-electron chi connectivity index (χ0n) is 16.0. The van der Waals surface area contributed by atoms with Gasteiger partial charge in [-0.25, -0.2) is 0 Å². The van der Waals surface area contributed by atoms with Crippen LogP contribution in [0.25, 0.3) is 0 Å². The van der Waals surface area contributed by atoms with Crippen LogP contribution in [0, 0.1) is 18.8 Å². The van der Waals surface area contributed by atoms with Gasteiger partial charge in [-0.05, 0) is 49.7 Å². The summed E-state index contributed by atoms with van der Waals surface area (Å²) in [6, 6.07) is 8.47. The van der Waals surface area contributed by atoms with Gasteiger partial charge in [0.25, 0.3) is 0 Å². The van der Waals surface area contributed by atoms with Crippen molar-refractivity contribution in [1.29, 1.82) is 0 Å². The molecule has 0 fully saturated rings. The molecular formula is C20H35N3O. The van der Waals surface area contributed by atoms with Gasteiger partial charge in [0, 0.05) is 33.3 Å². The number of hydrogen-bond acceptors (Lipinski definition) is 2. The Morgan fingerprint density at radius 1 is 1.29 bits per heavy atom. The van der Waals surface area contributed by atoms with E-state index >= 15 is 0 Å². The Hall–Kier alpha value is -1.55. The van der Waals surface area contributed by atoms with Crippen molar-refractivity contribution in [2.45, 2.75) is 47.1 Å². The van der Waals surface area contributed by atoms with E-state index in [0.717, 1.165) is 38.4 Å². The number of nitrogens with zero attached hydrogens (tertiary/aromatic N) is 2. The van der Waals surface area contributed by atoms with Gasteiger partial charge in [-0.15, -0.1) is 0 Å². The third kappa shape index (κ3) is 7.35. The normalized spacial score (nSPS) is 13.2. The summed E-state index contributed by atoms with van der Waals surface area (Å²) in [5.74, 6) is 2.01. The lowest BCUT2D eigenvalue weighted by Gasteiger charge is -2.24. The van der Waals surface area contributed by atoms with Gasteiger partial charge in [-0.2, -0.15) is 0 Å². The molecule has 0 aliphatic carbocycles. The van der Waals surface area contributed by atoms with E-state index in [1.807, 2.05) is 0 Å². The lowest BCUT2D eigenvalue weighted by molar-refractivity contribution is 0.245. The van der Waals surface area contributed by atoms with Crippen LogP contribution in [-0.4, -0.2) is 42.7 Å². The van der Waals surface area contributed by atoms with Crippen molar-refractivity contribution >= 4 is 5.96 Å². The van der Waals surface area contributed by atoms with E-state index < -0.39 is 0 Å². The standard InChI is InChI=1S/C20H35N3O/c1-6-21-20(22-14-18(11-12-24)13-16(2)3)23(5)15-19-10-8-7-9-17(19)4/h7-10,16,18,24H,6,11-15H2,1-5H3,(H,21,22). The molecule has 1 rings (SSSR count). The number of nitrogens with one attached hydrogen (secondary N) is 1. The fourth-order valence-corrected chi connectivity index (χ4v) is 2.94. The molecule has 0 spiro atoms. The molecule has 1 aromatic carbocycles. The first-order valence-electron chi connectivity index (χ1n) is 9.12. The fraction of sp³-hybridized carbons (Fsp3) is 0.650. The summed E-state index contributed by atoms with van der Waals surface area (Å²) in [4.78, 5) is 7.01. The van der Waals surface area contributed by atoms with Crippen LogP contribution in [0.4, 0.5) is 0 Å². The van der Waals surface area contributed by atoms with Crippen molar-refractivity contribution in [3.63, 3.8) is 0 Å². The molecule has 4 heteroatoms. The maximum atomic E-state index is 9.28. The number of rotatable bonds is 9. The molecule has 1 unspecified atom stereocenters. The predicted octanol–water partition coefficient (Wildman–Crippen LogP) is 3.44. The molecule has 0 saturated carbocycles. The van der Waals surface area contributed by atoms with Gasteiger partial charge in [-0.3, -0.25) is 4.99 Å². The predicted molar refractivity (Wildman–Crippen MR) is 103 cm³/mol. The van der Waals surface area contributed by atoms with Crippen LogP contribution < -0.4 is 5.32 Å². The topological polar surface area (TPSA) is 47.9 Å². The minimum Gasteiger partial charge on any atom is -0.396 e. The maximum absolute atomic E-state index is 9.28. The zero-order chi connectivity index (χ0) is 17.9. The molecule has 0 heterocycles. The zero-order valence-corrected chi connectivity index (χ0v) is 16.0. The number of benzene rings is 1. The van der Waals surface area contributed by atoms with E-state index in [-0.39, 0.29) is 6.61 Å². The average molecular weight is 334 g/mol. The van der Waals surface area contributed by atoms with Gasteiger partial charge in [0.15, 0.2) is 5.96 Å². The van der Waals surface area contributed by atoms with Gasteiger partial charge in [0.2, 0.25) is 0 Å². The second kappa shape index (κ2) is 11.1. The first-order valence-corrected chi connectivity index (χ1v) is 9.12. The van der Waals surface area contributed by atoms with Crippen LogP contribution >= 0.6 is 0 Å². The molecule has 1 aromatic rings. The van der Waals surface area contributed by atoms with Crippen molar-refractivity contribution in [2.75, 3.05) is 26.7 Å². The summed E-state index contributed by atoms with van der Waals surface area (Å²) >= 11 is 0. The van der Waals surface area contributed by atoms with Crippen molar-refractivity contribution in [1.82, 2.24) is 10.2 Å². The lowest BCUT2D eigenvalue weighted by atomic mass is 9.94. The summed E-state index contributed by atoms with van der Waals surface area (Å²) in [6.45, 7) is 11.4. The Bertz CT molecular complexity index is 499. The summed E-state index contributed by atoms with van der Waals surface area (Å²) in [7, 11) is 2.08. The maximum Gasteiger partial charge on any atom is 0.193 e. The lowest BCUT2D eigenvalue weighted by Crippen LogP contribution is -2.39. The molecule has 0 bridgehead atoms. The molecule has 2 N–H and O–H groups in total.